The molecule has 1 aliphatic carbocycles. The molecule has 1 aliphatic rings. The van der Waals surface area contributed by atoms with E-state index >= 15 is 0 Å². The molecule has 0 amide bonds. The molecule has 0 heterocycles. The lowest BCUT2D eigenvalue weighted by Crippen LogP contribution is -2.02. The fourth-order valence-electron chi connectivity index (χ4n) is 2.31. The molecular formula is C15H20O2. The van der Waals surface area contributed by atoms with Gasteiger partial charge in [0.1, 0.15) is 5.75 Å². The molecule has 0 bridgehead atoms. The summed E-state index contributed by atoms with van der Waals surface area (Å²) >= 11 is 0. The van der Waals surface area contributed by atoms with Gasteiger partial charge in [0.15, 0.2) is 0 Å². The van der Waals surface area contributed by atoms with Gasteiger partial charge >= 0.3 is 0 Å². The normalized spacial score (nSPS) is 17.4. The molecule has 2 nitrogen and oxygen atoms in total. The van der Waals surface area contributed by atoms with Gasteiger partial charge in [-0.1, -0.05) is 23.8 Å². The van der Waals surface area contributed by atoms with E-state index in [1.165, 1.54) is 24.8 Å². The van der Waals surface area contributed by atoms with Crippen LogP contribution >= 0.6 is 0 Å². The second-order valence-electron chi connectivity index (χ2n) is 4.60. The molecule has 0 radical (unpaired) electrons. The first-order chi connectivity index (χ1) is 8.29. The van der Waals surface area contributed by atoms with Crippen LogP contribution in [0.1, 0.15) is 43.8 Å². The van der Waals surface area contributed by atoms with Crippen LogP contribution in [0.15, 0.2) is 35.9 Å². The third-order valence-electron chi connectivity index (χ3n) is 3.32. The second kappa shape index (κ2) is 5.87. The fraction of sp³-hybridized carbons (Fsp3) is 0.467. The number of aliphatic hydroxyl groups excluding tert-OH is 1. The minimum atomic E-state index is -0.408. The molecular weight excluding hydrogens is 212 g/mol. The highest BCUT2D eigenvalue weighted by Crippen LogP contribution is 2.28. The Balaban J connectivity index is 2.03. The van der Waals surface area contributed by atoms with Gasteiger partial charge in [0, 0.05) is 0 Å². The molecule has 92 valence electrons. The highest BCUT2D eigenvalue weighted by molar-refractivity contribution is 5.30. The third-order valence-corrected chi connectivity index (χ3v) is 3.32. The van der Waals surface area contributed by atoms with Crippen molar-refractivity contribution < 1.29 is 9.84 Å². The topological polar surface area (TPSA) is 29.5 Å². The van der Waals surface area contributed by atoms with Gasteiger partial charge in [-0.15, -0.1) is 0 Å². The van der Waals surface area contributed by atoms with E-state index < -0.39 is 6.10 Å². The van der Waals surface area contributed by atoms with Crippen LogP contribution in [0.3, 0.4) is 0 Å². The fourth-order valence-corrected chi connectivity index (χ4v) is 2.31. The average Bonchev–Trinajstić information content (AvgIpc) is 2.40. The zero-order chi connectivity index (χ0) is 12.1. The zero-order valence-electron chi connectivity index (χ0n) is 10.4. The largest absolute Gasteiger partial charge is 0.497 e. The Hall–Kier alpha value is -1.28. The van der Waals surface area contributed by atoms with Crippen molar-refractivity contribution >= 4 is 0 Å². The van der Waals surface area contributed by atoms with E-state index in [0.29, 0.717) is 0 Å². The van der Waals surface area contributed by atoms with Gasteiger partial charge in [-0.25, -0.2) is 0 Å². The lowest BCUT2D eigenvalue weighted by atomic mass is 9.93. The number of hydrogen-bond acceptors (Lipinski definition) is 2. The van der Waals surface area contributed by atoms with E-state index in [2.05, 4.69) is 6.08 Å². The summed E-state index contributed by atoms with van der Waals surface area (Å²) in [6.07, 6.45) is 7.49. The molecule has 17 heavy (non-hydrogen) atoms. The quantitative estimate of drug-likeness (QED) is 0.803. The minimum absolute atomic E-state index is 0.408. The Bertz CT molecular complexity index is 396. The van der Waals surface area contributed by atoms with Crippen LogP contribution < -0.4 is 4.74 Å². The molecule has 1 aromatic rings. The Labute approximate surface area is 103 Å². The number of benzene rings is 1. The number of allylic oxidation sites excluding steroid dienone is 1. The van der Waals surface area contributed by atoms with E-state index in [0.717, 1.165) is 24.2 Å². The summed E-state index contributed by atoms with van der Waals surface area (Å²) in [6, 6.07) is 7.69. The van der Waals surface area contributed by atoms with Gasteiger partial charge in [-0.2, -0.15) is 0 Å². The highest BCUT2D eigenvalue weighted by atomic mass is 16.5. The first kappa shape index (κ1) is 12.2. The lowest BCUT2D eigenvalue weighted by molar-refractivity contribution is 0.176. The van der Waals surface area contributed by atoms with Crippen LogP contribution in [0.2, 0.25) is 0 Å². The van der Waals surface area contributed by atoms with E-state index in [1.807, 2.05) is 24.3 Å². The Kier molecular flexibility index (Phi) is 4.21. The van der Waals surface area contributed by atoms with E-state index in [4.69, 9.17) is 4.74 Å². The van der Waals surface area contributed by atoms with Crippen molar-refractivity contribution in [1.29, 1.82) is 0 Å². The molecule has 1 N–H and O–H groups in total. The molecule has 0 aromatic heterocycles. The van der Waals surface area contributed by atoms with Crippen LogP contribution in [0.5, 0.6) is 5.75 Å². The summed E-state index contributed by atoms with van der Waals surface area (Å²) in [5.41, 5.74) is 2.34. The number of hydrogen-bond donors (Lipinski definition) is 1. The van der Waals surface area contributed by atoms with Crippen molar-refractivity contribution in [3.63, 3.8) is 0 Å². The molecule has 0 saturated carbocycles. The second-order valence-corrected chi connectivity index (χ2v) is 4.60. The predicted octanol–water partition coefficient (Wildman–Crippen LogP) is 3.62. The van der Waals surface area contributed by atoms with E-state index in [9.17, 15) is 5.11 Å². The van der Waals surface area contributed by atoms with Crippen molar-refractivity contribution in [2.75, 3.05) is 7.11 Å². The first-order valence-corrected chi connectivity index (χ1v) is 6.29. The van der Waals surface area contributed by atoms with Crippen molar-refractivity contribution in [2.45, 2.75) is 38.2 Å². The number of rotatable bonds is 4. The predicted molar refractivity (Wildman–Crippen MR) is 69.1 cm³/mol. The maximum Gasteiger partial charge on any atom is 0.119 e. The summed E-state index contributed by atoms with van der Waals surface area (Å²) in [5, 5.41) is 10.2. The van der Waals surface area contributed by atoms with Crippen LogP contribution in [0.4, 0.5) is 0 Å². The number of aliphatic hydroxyl groups is 1. The number of methoxy groups -OCH3 is 1. The van der Waals surface area contributed by atoms with Crippen molar-refractivity contribution in [3.05, 3.63) is 41.5 Å². The molecule has 0 aliphatic heterocycles. The Morgan fingerprint density at radius 3 is 2.94 bits per heavy atom. The maximum atomic E-state index is 10.2. The Morgan fingerprint density at radius 1 is 1.35 bits per heavy atom. The minimum Gasteiger partial charge on any atom is -0.497 e. The summed E-state index contributed by atoms with van der Waals surface area (Å²) in [6.45, 7) is 0. The van der Waals surface area contributed by atoms with Crippen molar-refractivity contribution in [2.24, 2.45) is 0 Å². The summed E-state index contributed by atoms with van der Waals surface area (Å²) in [5.74, 6) is 0.805. The molecule has 1 unspecified atom stereocenters. The summed E-state index contributed by atoms with van der Waals surface area (Å²) in [4.78, 5) is 0. The van der Waals surface area contributed by atoms with Gasteiger partial charge in [0.25, 0.3) is 0 Å². The summed E-state index contributed by atoms with van der Waals surface area (Å²) in [7, 11) is 1.65. The van der Waals surface area contributed by atoms with Crippen molar-refractivity contribution in [3.8, 4) is 5.75 Å². The van der Waals surface area contributed by atoms with Gasteiger partial charge in [-0.3, -0.25) is 0 Å². The highest BCUT2D eigenvalue weighted by Gasteiger charge is 2.12. The van der Waals surface area contributed by atoms with Gasteiger partial charge in [0.2, 0.25) is 0 Å². The molecule has 2 heteroatoms. The zero-order valence-corrected chi connectivity index (χ0v) is 10.4. The maximum absolute atomic E-state index is 10.2. The third kappa shape index (κ3) is 3.34. The molecule has 1 aromatic carbocycles. The lowest BCUT2D eigenvalue weighted by Gasteiger charge is -2.17. The number of ether oxygens (including phenoxy) is 1. The van der Waals surface area contributed by atoms with Crippen LogP contribution in [0, 0.1) is 0 Å². The standard InChI is InChI=1S/C15H20O2/c1-17-14-9-5-8-13(11-14)15(16)10-12-6-3-2-4-7-12/h5-6,8-9,11,15-16H,2-4,7,10H2,1H3. The average molecular weight is 232 g/mol. The molecule has 0 fully saturated rings. The summed E-state index contributed by atoms with van der Waals surface area (Å²) < 4.78 is 5.17. The van der Waals surface area contributed by atoms with Crippen LogP contribution in [-0.2, 0) is 0 Å². The molecule has 1 atom stereocenters. The molecule has 0 saturated heterocycles. The smallest absolute Gasteiger partial charge is 0.119 e. The van der Waals surface area contributed by atoms with Gasteiger partial charge < -0.3 is 9.84 Å². The van der Waals surface area contributed by atoms with Crippen molar-refractivity contribution in [1.82, 2.24) is 0 Å². The van der Waals surface area contributed by atoms with Gasteiger partial charge in [0.05, 0.1) is 13.2 Å². The monoisotopic (exact) mass is 232 g/mol. The molecule has 0 spiro atoms. The SMILES string of the molecule is COc1cccc(C(O)CC2=CCCCC2)c1. The van der Waals surface area contributed by atoms with E-state index in [-0.39, 0.29) is 0 Å². The van der Waals surface area contributed by atoms with Crippen LogP contribution in [0.25, 0.3) is 0 Å². The first-order valence-electron chi connectivity index (χ1n) is 6.29. The van der Waals surface area contributed by atoms with Crippen LogP contribution in [-0.4, -0.2) is 12.2 Å². The van der Waals surface area contributed by atoms with E-state index in [1.54, 1.807) is 7.11 Å². The van der Waals surface area contributed by atoms with Gasteiger partial charge in [-0.05, 0) is 49.8 Å². The Morgan fingerprint density at radius 2 is 2.24 bits per heavy atom. The molecule has 2 rings (SSSR count).